The first-order valence-electron chi connectivity index (χ1n) is 8.69. The molecule has 4 nitrogen and oxygen atoms in total. The quantitative estimate of drug-likeness (QED) is 0.473. The van der Waals surface area contributed by atoms with Crippen LogP contribution >= 0.6 is 0 Å². The van der Waals surface area contributed by atoms with Gasteiger partial charge in [-0.25, -0.2) is 13.6 Å². The van der Waals surface area contributed by atoms with Crippen LogP contribution in [0.3, 0.4) is 0 Å². The number of aryl methyl sites for hydroxylation is 2. The first kappa shape index (κ1) is 19.5. The summed E-state index contributed by atoms with van der Waals surface area (Å²) in [6.45, 7) is 5.10. The molecule has 6 heteroatoms. The smallest absolute Gasteiger partial charge is 0.340 e. The van der Waals surface area contributed by atoms with Gasteiger partial charge in [-0.05, 0) is 57.2 Å². The molecular weight excluding hydrogens is 364 g/mol. The summed E-state index contributed by atoms with van der Waals surface area (Å²) in [5.41, 5.74) is 3.86. The summed E-state index contributed by atoms with van der Waals surface area (Å²) >= 11 is 0. The Balaban J connectivity index is 1.76. The van der Waals surface area contributed by atoms with E-state index in [0.717, 1.165) is 35.1 Å². The van der Waals surface area contributed by atoms with E-state index in [4.69, 9.17) is 4.74 Å². The van der Waals surface area contributed by atoms with Gasteiger partial charge in [-0.3, -0.25) is 4.79 Å². The first-order valence-corrected chi connectivity index (χ1v) is 8.69. The minimum Gasteiger partial charge on any atom is -0.454 e. The predicted octanol–water partition coefficient (Wildman–Crippen LogP) is 4.72. The van der Waals surface area contributed by atoms with Gasteiger partial charge >= 0.3 is 5.97 Å². The highest BCUT2D eigenvalue weighted by Crippen LogP contribution is 2.22. The molecule has 0 aliphatic carbocycles. The first-order chi connectivity index (χ1) is 13.3. The Morgan fingerprint density at radius 2 is 1.61 bits per heavy atom. The molecule has 2 aromatic carbocycles. The van der Waals surface area contributed by atoms with E-state index in [1.165, 1.54) is 0 Å². The number of hydrogen-bond donors (Lipinski definition) is 0. The van der Waals surface area contributed by atoms with E-state index >= 15 is 0 Å². The minimum absolute atomic E-state index is 0.0585. The molecule has 3 rings (SSSR count). The van der Waals surface area contributed by atoms with Crippen LogP contribution in [0.5, 0.6) is 0 Å². The zero-order valence-corrected chi connectivity index (χ0v) is 15.8. The fourth-order valence-electron chi connectivity index (χ4n) is 3.02. The Labute approximate surface area is 161 Å². The van der Waals surface area contributed by atoms with Crippen molar-refractivity contribution in [2.75, 3.05) is 6.61 Å². The average Bonchev–Trinajstić information content (AvgIpc) is 2.97. The van der Waals surface area contributed by atoms with E-state index < -0.39 is 30.0 Å². The number of ether oxygens (including phenoxy) is 1. The molecule has 3 aromatic rings. The van der Waals surface area contributed by atoms with Crippen LogP contribution < -0.4 is 0 Å². The summed E-state index contributed by atoms with van der Waals surface area (Å²) in [6, 6.07) is 12.4. The lowest BCUT2D eigenvalue weighted by molar-refractivity contribution is 0.0474. The monoisotopic (exact) mass is 383 g/mol. The molecule has 0 bridgehead atoms. The molecule has 1 aromatic heterocycles. The highest BCUT2D eigenvalue weighted by molar-refractivity contribution is 5.99. The van der Waals surface area contributed by atoms with Gasteiger partial charge < -0.3 is 9.30 Å². The van der Waals surface area contributed by atoms with Crippen molar-refractivity contribution < 1.29 is 23.1 Å². The minimum atomic E-state index is -1.13. The molecule has 1 heterocycles. The summed E-state index contributed by atoms with van der Waals surface area (Å²) in [6.07, 6.45) is 0. The Kier molecular flexibility index (Phi) is 5.40. The lowest BCUT2D eigenvalue weighted by atomic mass is 10.1. The van der Waals surface area contributed by atoms with Crippen molar-refractivity contribution in [3.63, 3.8) is 0 Å². The summed E-state index contributed by atoms with van der Waals surface area (Å²) < 4.78 is 33.2. The number of benzene rings is 2. The van der Waals surface area contributed by atoms with Crippen LogP contribution in [-0.2, 0) is 4.74 Å². The largest absolute Gasteiger partial charge is 0.454 e. The number of esters is 1. The number of rotatable bonds is 5. The van der Waals surface area contributed by atoms with Gasteiger partial charge in [-0.2, -0.15) is 0 Å². The molecule has 0 radical (unpaired) electrons. The Morgan fingerprint density at radius 3 is 2.25 bits per heavy atom. The maximum absolute atomic E-state index is 13.3. The molecule has 0 aliphatic rings. The van der Waals surface area contributed by atoms with Crippen molar-refractivity contribution in [1.82, 2.24) is 4.57 Å². The lowest BCUT2D eigenvalue weighted by Gasteiger charge is -2.10. The van der Waals surface area contributed by atoms with Crippen LogP contribution in [0.4, 0.5) is 8.78 Å². The van der Waals surface area contributed by atoms with Gasteiger partial charge in [0.05, 0.1) is 5.56 Å². The predicted molar refractivity (Wildman–Crippen MR) is 101 cm³/mol. The maximum Gasteiger partial charge on any atom is 0.340 e. The van der Waals surface area contributed by atoms with E-state index in [1.54, 1.807) is 13.0 Å². The van der Waals surface area contributed by atoms with E-state index in [2.05, 4.69) is 0 Å². The van der Waals surface area contributed by atoms with Crippen LogP contribution in [0.2, 0.25) is 0 Å². The standard InChI is InChI=1S/C22H19F2NO3/c1-13-4-7-17(8-5-13)25-14(2)10-18(15(25)3)22(27)28-12-21(26)16-6-9-19(23)20(24)11-16/h4-11H,12H2,1-3H3. The van der Waals surface area contributed by atoms with Crippen LogP contribution in [-0.4, -0.2) is 22.9 Å². The van der Waals surface area contributed by atoms with Gasteiger partial charge in [0.1, 0.15) is 0 Å². The number of nitrogens with zero attached hydrogens (tertiary/aromatic N) is 1. The average molecular weight is 383 g/mol. The highest BCUT2D eigenvalue weighted by atomic mass is 19.2. The summed E-state index contributed by atoms with van der Waals surface area (Å²) in [4.78, 5) is 24.5. The molecule has 0 unspecified atom stereocenters. The van der Waals surface area contributed by atoms with Crippen LogP contribution in [0, 0.1) is 32.4 Å². The number of Topliss-reactive ketones (excluding diaryl/α,β-unsaturated/α-hetero) is 1. The lowest BCUT2D eigenvalue weighted by Crippen LogP contribution is -2.15. The topological polar surface area (TPSA) is 48.3 Å². The van der Waals surface area contributed by atoms with E-state index in [-0.39, 0.29) is 5.56 Å². The Morgan fingerprint density at radius 1 is 0.929 bits per heavy atom. The molecule has 0 saturated carbocycles. The number of carbonyl (C=O) groups is 2. The van der Waals surface area contributed by atoms with Crippen molar-refractivity contribution in [2.24, 2.45) is 0 Å². The second-order valence-corrected chi connectivity index (χ2v) is 6.58. The van der Waals surface area contributed by atoms with Gasteiger partial charge in [0, 0.05) is 22.6 Å². The van der Waals surface area contributed by atoms with Gasteiger partial charge in [-0.15, -0.1) is 0 Å². The van der Waals surface area contributed by atoms with Crippen molar-refractivity contribution in [2.45, 2.75) is 20.8 Å². The third-order valence-electron chi connectivity index (χ3n) is 4.52. The normalized spacial score (nSPS) is 10.8. The third-order valence-corrected chi connectivity index (χ3v) is 4.52. The number of hydrogen-bond acceptors (Lipinski definition) is 3. The van der Waals surface area contributed by atoms with Crippen molar-refractivity contribution in [1.29, 1.82) is 0 Å². The van der Waals surface area contributed by atoms with E-state index in [1.807, 2.05) is 42.7 Å². The number of aromatic nitrogens is 1. The van der Waals surface area contributed by atoms with Crippen LogP contribution in [0.1, 0.15) is 37.7 Å². The molecule has 0 atom stereocenters. The zero-order valence-electron chi connectivity index (χ0n) is 15.8. The molecule has 0 fully saturated rings. The van der Waals surface area contributed by atoms with Gasteiger partial charge in [0.15, 0.2) is 24.0 Å². The molecule has 0 saturated heterocycles. The van der Waals surface area contributed by atoms with E-state index in [9.17, 15) is 18.4 Å². The zero-order chi connectivity index (χ0) is 20.4. The van der Waals surface area contributed by atoms with Gasteiger partial charge in [-0.1, -0.05) is 17.7 Å². The number of carbonyl (C=O) groups excluding carboxylic acids is 2. The second kappa shape index (κ2) is 7.76. The number of halogens is 2. The summed E-state index contributed by atoms with van der Waals surface area (Å²) in [7, 11) is 0. The van der Waals surface area contributed by atoms with Crippen molar-refractivity contribution >= 4 is 11.8 Å². The second-order valence-electron chi connectivity index (χ2n) is 6.58. The molecule has 0 spiro atoms. The highest BCUT2D eigenvalue weighted by Gasteiger charge is 2.19. The maximum atomic E-state index is 13.3. The van der Waals surface area contributed by atoms with Crippen molar-refractivity contribution in [3.05, 3.63) is 88.2 Å². The molecule has 0 N–H and O–H groups in total. The third kappa shape index (κ3) is 3.86. The SMILES string of the molecule is Cc1ccc(-n2c(C)cc(C(=O)OCC(=O)c3ccc(F)c(F)c3)c2C)cc1. The summed E-state index contributed by atoms with van der Waals surface area (Å²) in [5, 5.41) is 0. The molecular formula is C22H19F2NO3. The van der Waals surface area contributed by atoms with Crippen LogP contribution in [0.25, 0.3) is 5.69 Å². The Hall–Kier alpha value is -3.28. The Bertz CT molecular complexity index is 1050. The molecule has 28 heavy (non-hydrogen) atoms. The fraction of sp³-hybridized carbons (Fsp3) is 0.182. The van der Waals surface area contributed by atoms with E-state index in [0.29, 0.717) is 11.3 Å². The molecule has 0 aliphatic heterocycles. The number of ketones is 1. The van der Waals surface area contributed by atoms with Crippen LogP contribution in [0.15, 0.2) is 48.5 Å². The fourth-order valence-corrected chi connectivity index (χ4v) is 3.02. The molecule has 144 valence electrons. The van der Waals surface area contributed by atoms with Crippen molar-refractivity contribution in [3.8, 4) is 5.69 Å². The summed E-state index contributed by atoms with van der Waals surface area (Å²) in [5.74, 6) is -3.43. The van der Waals surface area contributed by atoms with Gasteiger partial charge in [0.25, 0.3) is 0 Å². The van der Waals surface area contributed by atoms with Gasteiger partial charge in [0.2, 0.25) is 0 Å². The molecule has 0 amide bonds.